The number of nitrogen functional groups attached to an aromatic ring is 1. The summed E-state index contributed by atoms with van der Waals surface area (Å²) in [6.45, 7) is 0. The lowest BCUT2D eigenvalue weighted by atomic mass is 10.2. The van der Waals surface area contributed by atoms with Crippen molar-refractivity contribution in [3.05, 3.63) is 66.0 Å². The number of alkyl halides is 3. The van der Waals surface area contributed by atoms with E-state index in [1.54, 1.807) is 0 Å². The lowest BCUT2D eigenvalue weighted by Crippen LogP contribution is -2.11. The van der Waals surface area contributed by atoms with Gasteiger partial charge in [-0.05, 0) is 60.3 Å². The van der Waals surface area contributed by atoms with Crippen molar-refractivity contribution in [2.45, 2.75) is 20.2 Å². The second kappa shape index (κ2) is 8.60. The third-order valence-electron chi connectivity index (χ3n) is 4.34. The summed E-state index contributed by atoms with van der Waals surface area (Å²) >= 11 is -0.343. The van der Waals surface area contributed by atoms with E-state index in [-0.39, 0.29) is 43.4 Å². The highest BCUT2D eigenvalue weighted by Crippen LogP contribution is 2.37. The molecule has 3 aromatic rings. The van der Waals surface area contributed by atoms with Gasteiger partial charge >= 0.3 is 11.5 Å². The van der Waals surface area contributed by atoms with Gasteiger partial charge in [-0.25, -0.2) is 13.2 Å². The predicted octanol–water partition coefficient (Wildman–Crippen LogP) is 4.16. The van der Waals surface area contributed by atoms with E-state index < -0.39 is 21.3 Å². The minimum absolute atomic E-state index is 0.0407. The Morgan fingerprint density at radius 3 is 2.09 bits per heavy atom. The quantitative estimate of drug-likeness (QED) is 0.430. The van der Waals surface area contributed by atoms with Gasteiger partial charge in [-0.2, -0.15) is 18.4 Å². The van der Waals surface area contributed by atoms with Crippen LogP contribution in [0, 0.1) is 11.3 Å². The van der Waals surface area contributed by atoms with Crippen LogP contribution in [0.4, 0.5) is 18.9 Å². The molecule has 0 atom stereocenters. The van der Waals surface area contributed by atoms with Gasteiger partial charge in [0.25, 0.3) is 0 Å². The number of anilines is 1. The average Bonchev–Trinajstić information content (AvgIpc) is 3.08. The number of aromatic nitrogens is 1. The van der Waals surface area contributed by atoms with Crippen molar-refractivity contribution in [3.63, 3.8) is 0 Å². The van der Waals surface area contributed by atoms with E-state index in [9.17, 15) is 31.6 Å². The molecule has 0 aliphatic rings. The minimum atomic E-state index is -4.48. The second-order valence-electron chi connectivity index (χ2n) is 6.29. The average molecular weight is 481 g/mol. The Bertz CT molecular complexity index is 1310. The fourth-order valence-electron chi connectivity index (χ4n) is 2.86. The van der Waals surface area contributed by atoms with Crippen molar-refractivity contribution >= 4 is 33.3 Å². The Labute approximate surface area is 185 Å². The van der Waals surface area contributed by atoms with E-state index in [4.69, 9.17) is 10.5 Å². The third kappa shape index (κ3) is 4.58. The van der Waals surface area contributed by atoms with Crippen molar-refractivity contribution in [1.82, 2.24) is 4.57 Å². The topological polar surface area (TPSA) is 115 Å². The van der Waals surface area contributed by atoms with Crippen molar-refractivity contribution in [2.24, 2.45) is 0 Å². The van der Waals surface area contributed by atoms with Gasteiger partial charge in [-0.1, -0.05) is 0 Å². The highest BCUT2D eigenvalue weighted by atomic mass is 32.2. The smallest absolute Gasteiger partial charge is 0.446 e. The van der Waals surface area contributed by atoms with E-state index in [0.717, 1.165) is 31.4 Å². The van der Waals surface area contributed by atoms with E-state index >= 15 is 0 Å². The number of benzene rings is 2. The standard InChI is InChI=1S/C20H14F3N3O4S2/c1-30-19(27)18-17(25)12(10-24)11-26(18)13-2-6-15(7-3-13)32(28,29)16-8-4-14(5-9-16)31-20(21,22)23/h2-9,11H,25H2,1H3. The largest absolute Gasteiger partial charge is 0.464 e. The van der Waals surface area contributed by atoms with E-state index in [0.29, 0.717) is 5.69 Å². The summed E-state index contributed by atoms with van der Waals surface area (Å²) in [4.78, 5) is 11.7. The molecule has 12 heteroatoms. The van der Waals surface area contributed by atoms with Crippen LogP contribution in [0.5, 0.6) is 0 Å². The van der Waals surface area contributed by atoms with Crippen LogP contribution in [0.1, 0.15) is 16.1 Å². The first-order valence-corrected chi connectivity index (χ1v) is 11.0. The number of hydrogen-bond donors (Lipinski definition) is 1. The van der Waals surface area contributed by atoms with Gasteiger partial charge in [-0.15, -0.1) is 0 Å². The summed E-state index contributed by atoms with van der Waals surface area (Å²) in [6.07, 6.45) is 1.32. The molecule has 3 rings (SSSR count). The highest BCUT2D eigenvalue weighted by molar-refractivity contribution is 8.00. The first-order valence-electron chi connectivity index (χ1n) is 8.68. The molecule has 32 heavy (non-hydrogen) atoms. The Balaban J connectivity index is 1.95. The summed E-state index contributed by atoms with van der Waals surface area (Å²) in [5.41, 5.74) is 1.58. The Kier molecular flexibility index (Phi) is 6.25. The number of esters is 1. The minimum Gasteiger partial charge on any atom is -0.464 e. The molecule has 2 aromatic carbocycles. The fourth-order valence-corrected chi connectivity index (χ4v) is 4.66. The van der Waals surface area contributed by atoms with Crippen molar-refractivity contribution < 1.29 is 31.1 Å². The van der Waals surface area contributed by atoms with Crippen LogP contribution in [0.15, 0.2) is 69.4 Å². The highest BCUT2D eigenvalue weighted by Gasteiger charge is 2.29. The zero-order chi connectivity index (χ0) is 23.7. The molecule has 0 spiro atoms. The first-order chi connectivity index (χ1) is 15.0. The fraction of sp³-hybridized carbons (Fsp3) is 0.100. The number of nitrogens with zero attached hydrogens (tertiary/aromatic N) is 2. The lowest BCUT2D eigenvalue weighted by Gasteiger charge is -2.10. The van der Waals surface area contributed by atoms with Crippen molar-refractivity contribution in [1.29, 1.82) is 5.26 Å². The molecule has 2 N–H and O–H groups in total. The Morgan fingerprint density at radius 1 is 1.09 bits per heavy atom. The molecule has 1 aromatic heterocycles. The van der Waals surface area contributed by atoms with E-state index in [2.05, 4.69) is 0 Å². The van der Waals surface area contributed by atoms with E-state index in [1.807, 2.05) is 6.07 Å². The number of ether oxygens (including phenoxy) is 1. The van der Waals surface area contributed by atoms with Crippen LogP contribution in [-0.2, 0) is 14.6 Å². The Hall–Kier alpha value is -3.43. The Morgan fingerprint density at radius 2 is 1.62 bits per heavy atom. The lowest BCUT2D eigenvalue weighted by molar-refractivity contribution is -0.0328. The number of nitrogens with two attached hydrogens (primary N) is 1. The summed E-state index contributed by atoms with van der Waals surface area (Å²) < 4.78 is 69.0. The van der Waals surface area contributed by atoms with Gasteiger partial charge in [0.05, 0.1) is 28.2 Å². The van der Waals surface area contributed by atoms with Gasteiger partial charge in [0, 0.05) is 16.8 Å². The van der Waals surface area contributed by atoms with E-state index in [1.165, 1.54) is 35.0 Å². The van der Waals surface area contributed by atoms with Crippen LogP contribution in [0.25, 0.3) is 5.69 Å². The molecule has 0 unspecified atom stereocenters. The van der Waals surface area contributed by atoms with Gasteiger partial charge in [0.1, 0.15) is 6.07 Å². The zero-order valence-corrected chi connectivity index (χ0v) is 17.9. The molecule has 0 fully saturated rings. The summed E-state index contributed by atoms with van der Waals surface area (Å²) in [5, 5.41) is 9.18. The molecule has 0 saturated heterocycles. The first kappa shape index (κ1) is 23.2. The van der Waals surface area contributed by atoms with Gasteiger partial charge < -0.3 is 15.0 Å². The summed E-state index contributed by atoms with van der Waals surface area (Å²) in [5.74, 6) is -0.780. The van der Waals surface area contributed by atoms with Gasteiger partial charge in [0.15, 0.2) is 5.69 Å². The number of carbonyl (C=O) groups excluding carboxylic acids is 1. The molecule has 0 aliphatic carbocycles. The van der Waals surface area contributed by atoms with Crippen molar-refractivity contribution in [2.75, 3.05) is 12.8 Å². The molecular formula is C20H14F3N3O4S2. The molecule has 0 radical (unpaired) electrons. The maximum atomic E-state index is 12.8. The summed E-state index contributed by atoms with van der Waals surface area (Å²) in [6, 6.07) is 11.5. The number of carbonyl (C=O) groups is 1. The number of thioether (sulfide) groups is 1. The van der Waals surface area contributed by atoms with Crippen LogP contribution in [-0.4, -0.2) is 31.6 Å². The molecule has 0 bridgehead atoms. The number of hydrogen-bond acceptors (Lipinski definition) is 7. The third-order valence-corrected chi connectivity index (χ3v) is 6.86. The van der Waals surface area contributed by atoms with Crippen molar-refractivity contribution in [3.8, 4) is 11.8 Å². The number of halogens is 3. The monoisotopic (exact) mass is 481 g/mol. The maximum Gasteiger partial charge on any atom is 0.446 e. The molecule has 0 aliphatic heterocycles. The van der Waals surface area contributed by atoms with Crippen LogP contribution < -0.4 is 5.73 Å². The number of rotatable bonds is 5. The van der Waals surface area contributed by atoms with Gasteiger partial charge in [0.2, 0.25) is 9.84 Å². The second-order valence-corrected chi connectivity index (χ2v) is 9.38. The number of sulfone groups is 1. The zero-order valence-electron chi connectivity index (χ0n) is 16.3. The number of methoxy groups -OCH3 is 1. The molecule has 1 heterocycles. The molecule has 0 amide bonds. The van der Waals surface area contributed by atoms with Crippen LogP contribution in [0.3, 0.4) is 0 Å². The van der Waals surface area contributed by atoms with Crippen LogP contribution >= 0.6 is 11.8 Å². The van der Waals surface area contributed by atoms with Gasteiger partial charge in [-0.3, -0.25) is 0 Å². The maximum absolute atomic E-state index is 12.8. The normalized spacial score (nSPS) is 11.7. The van der Waals surface area contributed by atoms with Crippen LogP contribution in [0.2, 0.25) is 0 Å². The SMILES string of the molecule is COC(=O)c1c(N)c(C#N)cn1-c1ccc(S(=O)(=O)c2ccc(SC(F)(F)F)cc2)cc1. The predicted molar refractivity (Wildman–Crippen MR) is 110 cm³/mol. The molecule has 166 valence electrons. The molecular weight excluding hydrogens is 467 g/mol. The number of nitriles is 1. The summed E-state index contributed by atoms with van der Waals surface area (Å²) in [7, 11) is -2.85. The molecule has 7 nitrogen and oxygen atoms in total. The molecule has 0 saturated carbocycles.